The topological polar surface area (TPSA) is 55.3 Å². The molecule has 1 aliphatic heterocycles. The highest BCUT2D eigenvalue weighted by molar-refractivity contribution is 7.13. The number of thiophene rings is 1. The second-order valence-corrected chi connectivity index (χ2v) is 6.94. The Labute approximate surface area is 163 Å². The van der Waals surface area contributed by atoms with E-state index >= 15 is 0 Å². The number of aromatic nitrogens is 1. The number of nitrogens with two attached hydrogens (primary N) is 1. The fraction of sp³-hybridized carbons (Fsp3) is 0.278. The van der Waals surface area contributed by atoms with Crippen LogP contribution >= 0.6 is 36.2 Å². The lowest BCUT2D eigenvalue weighted by Crippen LogP contribution is -2.28. The van der Waals surface area contributed by atoms with Crippen molar-refractivity contribution in [3.05, 3.63) is 65.4 Å². The van der Waals surface area contributed by atoms with Gasteiger partial charge in [-0.25, -0.2) is 4.98 Å². The normalized spacial score (nSPS) is 20.0. The highest BCUT2D eigenvalue weighted by Crippen LogP contribution is 2.28. The van der Waals surface area contributed by atoms with Crippen LogP contribution in [0.1, 0.15) is 17.2 Å². The molecule has 0 radical (unpaired) electrons. The van der Waals surface area contributed by atoms with Crippen LogP contribution in [0.2, 0.25) is 0 Å². The minimum atomic E-state index is 0. The van der Waals surface area contributed by atoms with Gasteiger partial charge in [0.25, 0.3) is 0 Å². The Morgan fingerprint density at radius 3 is 2.64 bits per heavy atom. The minimum absolute atomic E-state index is 0. The molecule has 134 valence electrons. The monoisotopic (exact) mass is 397 g/mol. The fourth-order valence-electron chi connectivity index (χ4n) is 3.22. The minimum Gasteiger partial charge on any atom is -0.444 e. The average molecular weight is 398 g/mol. The van der Waals surface area contributed by atoms with E-state index in [2.05, 4.69) is 34.1 Å². The van der Waals surface area contributed by atoms with Crippen LogP contribution in [0.3, 0.4) is 0 Å². The van der Waals surface area contributed by atoms with Crippen molar-refractivity contribution in [1.29, 1.82) is 0 Å². The fourth-order valence-corrected chi connectivity index (χ4v) is 3.87. The third-order valence-electron chi connectivity index (χ3n) is 4.34. The number of nitrogens with zero attached hydrogens (tertiary/aromatic N) is 2. The van der Waals surface area contributed by atoms with Gasteiger partial charge < -0.3 is 10.2 Å². The molecule has 3 aromatic rings. The van der Waals surface area contributed by atoms with E-state index in [0.717, 1.165) is 30.2 Å². The molecular weight excluding hydrogens is 377 g/mol. The first-order valence-corrected chi connectivity index (χ1v) is 8.69. The number of hydrogen-bond donors (Lipinski definition) is 1. The lowest BCUT2D eigenvalue weighted by molar-refractivity contribution is 0.319. The SMILES string of the molecule is Cl.Cl.N[C@@H]1CN(Cc2coc(-c3cccs3)n2)C[C@H]1c1ccccc1. The first kappa shape index (κ1) is 19.9. The first-order valence-electron chi connectivity index (χ1n) is 7.81. The summed E-state index contributed by atoms with van der Waals surface area (Å²) in [6.07, 6.45) is 1.76. The molecular formula is C18H21Cl2N3OS. The molecule has 4 nitrogen and oxygen atoms in total. The lowest BCUT2D eigenvalue weighted by atomic mass is 9.95. The third kappa shape index (κ3) is 4.43. The maximum Gasteiger partial charge on any atom is 0.236 e. The molecule has 2 atom stereocenters. The molecule has 2 N–H and O–H groups in total. The molecule has 1 fully saturated rings. The number of halogens is 2. The predicted molar refractivity (Wildman–Crippen MR) is 107 cm³/mol. The van der Waals surface area contributed by atoms with Crippen molar-refractivity contribution in [2.75, 3.05) is 13.1 Å². The van der Waals surface area contributed by atoms with Crippen LogP contribution in [0.25, 0.3) is 10.8 Å². The van der Waals surface area contributed by atoms with Crippen molar-refractivity contribution in [2.45, 2.75) is 18.5 Å². The smallest absolute Gasteiger partial charge is 0.236 e. The summed E-state index contributed by atoms with van der Waals surface area (Å²) in [6.45, 7) is 2.64. The van der Waals surface area contributed by atoms with Gasteiger partial charge in [0.05, 0.1) is 10.6 Å². The highest BCUT2D eigenvalue weighted by Gasteiger charge is 2.31. The molecule has 0 aliphatic carbocycles. The van der Waals surface area contributed by atoms with Gasteiger partial charge in [-0.2, -0.15) is 0 Å². The van der Waals surface area contributed by atoms with Crippen molar-refractivity contribution in [1.82, 2.24) is 9.88 Å². The number of rotatable bonds is 4. The van der Waals surface area contributed by atoms with Crippen LogP contribution in [-0.4, -0.2) is 29.0 Å². The van der Waals surface area contributed by atoms with Gasteiger partial charge in [-0.05, 0) is 17.0 Å². The highest BCUT2D eigenvalue weighted by atomic mass is 35.5. The molecule has 25 heavy (non-hydrogen) atoms. The largest absolute Gasteiger partial charge is 0.444 e. The second-order valence-electron chi connectivity index (χ2n) is 6.00. The van der Waals surface area contributed by atoms with E-state index in [0.29, 0.717) is 11.8 Å². The molecule has 0 unspecified atom stereocenters. The van der Waals surface area contributed by atoms with Crippen molar-refractivity contribution >= 4 is 36.2 Å². The molecule has 4 rings (SSSR count). The average Bonchev–Trinajstić information content (AvgIpc) is 3.29. The summed E-state index contributed by atoms with van der Waals surface area (Å²) in [5.74, 6) is 1.10. The van der Waals surface area contributed by atoms with Crippen LogP contribution < -0.4 is 5.73 Å². The quantitative estimate of drug-likeness (QED) is 0.717. The molecule has 7 heteroatoms. The molecule has 0 spiro atoms. The Bertz CT molecular complexity index is 764. The van der Waals surface area contributed by atoms with Crippen LogP contribution in [0.15, 0.2) is 58.5 Å². The number of likely N-dealkylation sites (tertiary alicyclic amines) is 1. The van der Waals surface area contributed by atoms with E-state index in [1.54, 1.807) is 17.6 Å². The summed E-state index contributed by atoms with van der Waals surface area (Å²) in [5.41, 5.74) is 8.64. The summed E-state index contributed by atoms with van der Waals surface area (Å²) in [5, 5.41) is 2.03. The summed E-state index contributed by atoms with van der Waals surface area (Å²) >= 11 is 1.64. The van der Waals surface area contributed by atoms with Crippen LogP contribution in [0, 0.1) is 0 Å². The Hall–Kier alpha value is -1.37. The third-order valence-corrected chi connectivity index (χ3v) is 5.20. The van der Waals surface area contributed by atoms with Gasteiger partial charge >= 0.3 is 0 Å². The standard InChI is InChI=1S/C18H19N3OS.2ClH/c19-16-11-21(10-15(16)13-5-2-1-3-6-13)9-14-12-22-18(20-14)17-7-4-8-23-17;;/h1-8,12,15-16H,9-11,19H2;2*1H/t15-,16+;;/m0../s1. The number of oxazole rings is 1. The Kier molecular flexibility index (Phi) is 7.04. The van der Waals surface area contributed by atoms with Gasteiger partial charge in [0.1, 0.15) is 6.26 Å². The zero-order valence-electron chi connectivity index (χ0n) is 13.6. The summed E-state index contributed by atoms with van der Waals surface area (Å²) < 4.78 is 5.60. The molecule has 1 aromatic carbocycles. The zero-order valence-corrected chi connectivity index (χ0v) is 16.0. The second kappa shape index (κ2) is 8.83. The molecule has 1 saturated heterocycles. The first-order chi connectivity index (χ1) is 11.3. The van der Waals surface area contributed by atoms with E-state index in [9.17, 15) is 0 Å². The van der Waals surface area contributed by atoms with Gasteiger partial charge in [-0.15, -0.1) is 36.2 Å². The van der Waals surface area contributed by atoms with E-state index in [-0.39, 0.29) is 30.9 Å². The van der Waals surface area contributed by atoms with Crippen LogP contribution in [0.5, 0.6) is 0 Å². The van der Waals surface area contributed by atoms with Gasteiger partial charge in [-0.3, -0.25) is 4.90 Å². The molecule has 0 bridgehead atoms. The van der Waals surface area contributed by atoms with E-state index in [4.69, 9.17) is 10.2 Å². The Balaban J connectivity index is 0.00000113. The van der Waals surface area contributed by atoms with Gasteiger partial charge in [0.15, 0.2) is 0 Å². The van der Waals surface area contributed by atoms with Gasteiger partial charge in [0, 0.05) is 31.6 Å². The Morgan fingerprint density at radius 1 is 1.12 bits per heavy atom. The summed E-state index contributed by atoms with van der Waals surface area (Å²) in [6, 6.07) is 14.7. The van der Waals surface area contributed by atoms with E-state index < -0.39 is 0 Å². The predicted octanol–water partition coefficient (Wildman–Crippen LogP) is 4.17. The maximum absolute atomic E-state index is 6.35. The van der Waals surface area contributed by atoms with Crippen LogP contribution in [0.4, 0.5) is 0 Å². The zero-order chi connectivity index (χ0) is 15.6. The van der Waals surface area contributed by atoms with E-state index in [1.165, 1.54) is 5.56 Å². The van der Waals surface area contributed by atoms with Gasteiger partial charge in [-0.1, -0.05) is 36.4 Å². The van der Waals surface area contributed by atoms with Crippen molar-refractivity contribution in [3.63, 3.8) is 0 Å². The molecule has 2 aromatic heterocycles. The summed E-state index contributed by atoms with van der Waals surface area (Å²) in [4.78, 5) is 8.03. The molecule has 1 aliphatic rings. The lowest BCUT2D eigenvalue weighted by Gasteiger charge is -2.14. The van der Waals surface area contributed by atoms with E-state index in [1.807, 2.05) is 23.6 Å². The van der Waals surface area contributed by atoms with Gasteiger partial charge in [0.2, 0.25) is 5.89 Å². The van der Waals surface area contributed by atoms with Crippen LogP contribution in [-0.2, 0) is 6.54 Å². The van der Waals surface area contributed by atoms with Crippen molar-refractivity contribution in [2.24, 2.45) is 5.73 Å². The number of benzene rings is 1. The van der Waals surface area contributed by atoms with Crippen molar-refractivity contribution in [3.8, 4) is 10.8 Å². The Morgan fingerprint density at radius 2 is 1.92 bits per heavy atom. The molecule has 3 heterocycles. The number of hydrogen-bond acceptors (Lipinski definition) is 5. The van der Waals surface area contributed by atoms with Crippen molar-refractivity contribution < 1.29 is 4.42 Å². The maximum atomic E-state index is 6.35. The molecule has 0 saturated carbocycles. The summed E-state index contributed by atoms with van der Waals surface area (Å²) in [7, 11) is 0. The molecule has 0 amide bonds.